The third-order valence-corrected chi connectivity index (χ3v) is 8.27. The highest BCUT2D eigenvalue weighted by atomic mass is 16.5. The Morgan fingerprint density at radius 2 is 1.13 bits per heavy atom. The first-order valence-corrected chi connectivity index (χ1v) is 13.6. The summed E-state index contributed by atoms with van der Waals surface area (Å²) in [5.41, 5.74) is 7.85. The molecule has 0 N–H and O–H groups in total. The molecule has 200 valence electrons. The minimum atomic E-state index is -0.441. The molecule has 0 amide bonds. The van der Waals surface area contributed by atoms with Gasteiger partial charge in [0.2, 0.25) is 0 Å². The lowest BCUT2D eigenvalue weighted by molar-refractivity contribution is -0.138. The fraction of sp³-hybridized carbons (Fsp3) is 0.438. The van der Waals surface area contributed by atoms with Crippen LogP contribution in [0.15, 0.2) is 60.1 Å². The van der Waals surface area contributed by atoms with Gasteiger partial charge in [-0.3, -0.25) is 0 Å². The Hall–Kier alpha value is -3.54. The van der Waals surface area contributed by atoms with Crippen molar-refractivity contribution in [1.29, 1.82) is 0 Å². The number of fused-ring (bicyclic) bond motifs is 2. The van der Waals surface area contributed by atoms with Crippen molar-refractivity contribution in [2.45, 2.75) is 51.4 Å². The molecule has 3 aliphatic carbocycles. The van der Waals surface area contributed by atoms with Gasteiger partial charge in [0.1, 0.15) is 11.5 Å². The van der Waals surface area contributed by atoms with Crippen LogP contribution in [-0.4, -0.2) is 39.4 Å². The van der Waals surface area contributed by atoms with Crippen LogP contribution >= 0.6 is 0 Å². The quantitative estimate of drug-likeness (QED) is 0.273. The number of allylic oxidation sites excluding steroid dienone is 2. The molecular weight excluding hydrogens is 480 g/mol. The average Bonchev–Trinajstić information content (AvgIpc) is 2.88. The summed E-state index contributed by atoms with van der Waals surface area (Å²) in [4.78, 5) is 25.2. The van der Waals surface area contributed by atoms with Crippen molar-refractivity contribution in [3.63, 3.8) is 0 Å². The summed E-state index contributed by atoms with van der Waals surface area (Å²) < 4.78 is 22.3. The molecule has 6 nitrogen and oxygen atoms in total. The van der Waals surface area contributed by atoms with Crippen molar-refractivity contribution in [3.8, 4) is 0 Å². The molecule has 0 saturated heterocycles. The Kier molecular flexibility index (Phi) is 7.59. The van der Waals surface area contributed by atoms with E-state index in [2.05, 4.69) is 36.4 Å². The first-order chi connectivity index (χ1) is 18.5. The van der Waals surface area contributed by atoms with E-state index in [4.69, 9.17) is 18.9 Å². The zero-order valence-electron chi connectivity index (χ0n) is 22.6. The van der Waals surface area contributed by atoms with E-state index in [9.17, 15) is 9.59 Å². The number of carbonyl (C=O) groups excluding carboxylic acids is 2. The van der Waals surface area contributed by atoms with Crippen LogP contribution < -0.4 is 0 Å². The molecule has 3 aliphatic rings. The summed E-state index contributed by atoms with van der Waals surface area (Å²) in [7, 11) is 3.18. The highest BCUT2D eigenvalue weighted by Gasteiger charge is 2.57. The van der Waals surface area contributed by atoms with E-state index in [1.54, 1.807) is 28.1 Å². The molecule has 0 heterocycles. The molecule has 4 bridgehead atoms. The summed E-state index contributed by atoms with van der Waals surface area (Å²) in [6.07, 6.45) is 6.75. The third-order valence-electron chi connectivity index (χ3n) is 8.27. The number of aryl methyl sites for hydroxylation is 4. The maximum absolute atomic E-state index is 12.6. The monoisotopic (exact) mass is 516 g/mol. The molecule has 38 heavy (non-hydrogen) atoms. The molecule has 4 atom stereocenters. The van der Waals surface area contributed by atoms with Crippen LogP contribution in [0.2, 0.25) is 0 Å². The number of hydrogen-bond acceptors (Lipinski definition) is 6. The van der Waals surface area contributed by atoms with Crippen molar-refractivity contribution >= 4 is 11.9 Å². The van der Waals surface area contributed by atoms with Gasteiger partial charge in [-0.15, -0.1) is 0 Å². The fourth-order valence-corrected chi connectivity index (χ4v) is 6.65. The summed E-state index contributed by atoms with van der Waals surface area (Å²) in [5.74, 6) is -0.169. The van der Waals surface area contributed by atoms with E-state index >= 15 is 0 Å². The Balaban J connectivity index is 1.74. The molecule has 1 fully saturated rings. The first kappa shape index (κ1) is 26.1. The van der Waals surface area contributed by atoms with Gasteiger partial charge < -0.3 is 18.9 Å². The Labute approximate surface area is 224 Å². The lowest BCUT2D eigenvalue weighted by Gasteiger charge is -2.54. The second-order valence-corrected chi connectivity index (χ2v) is 10.2. The second-order valence-electron chi connectivity index (χ2n) is 10.2. The Bertz CT molecular complexity index is 1190. The van der Waals surface area contributed by atoms with Crippen molar-refractivity contribution in [1.82, 2.24) is 0 Å². The molecule has 2 aromatic rings. The number of ether oxygens (including phenoxy) is 4. The van der Waals surface area contributed by atoms with Gasteiger partial charge in [0.15, 0.2) is 0 Å². The molecule has 0 spiro atoms. The van der Waals surface area contributed by atoms with Crippen LogP contribution in [0.25, 0.3) is 0 Å². The van der Waals surface area contributed by atoms with Crippen LogP contribution in [0.5, 0.6) is 0 Å². The van der Waals surface area contributed by atoms with Gasteiger partial charge in [-0.05, 0) is 72.9 Å². The largest absolute Gasteiger partial charge is 0.500 e. The summed E-state index contributed by atoms with van der Waals surface area (Å²) in [6, 6.07) is 13.8. The maximum atomic E-state index is 12.6. The van der Waals surface area contributed by atoms with E-state index in [0.29, 0.717) is 11.5 Å². The highest BCUT2D eigenvalue weighted by Crippen LogP contribution is 2.64. The van der Waals surface area contributed by atoms with Gasteiger partial charge in [0.05, 0.1) is 39.6 Å². The number of carbonyl (C=O) groups is 2. The highest BCUT2D eigenvalue weighted by molar-refractivity contribution is 5.83. The van der Waals surface area contributed by atoms with Crippen molar-refractivity contribution < 1.29 is 28.5 Å². The third kappa shape index (κ3) is 4.72. The molecule has 6 heteroatoms. The predicted octanol–water partition coefficient (Wildman–Crippen LogP) is 5.18. The van der Waals surface area contributed by atoms with Gasteiger partial charge >= 0.3 is 11.9 Å². The van der Waals surface area contributed by atoms with Crippen molar-refractivity contribution in [2.75, 3.05) is 27.4 Å². The molecule has 0 aromatic heterocycles. The lowest BCUT2D eigenvalue weighted by Crippen LogP contribution is -2.47. The molecule has 2 aromatic carbocycles. The molecular formula is C32H36O6. The van der Waals surface area contributed by atoms with Gasteiger partial charge in [-0.1, -0.05) is 36.4 Å². The Morgan fingerprint density at radius 1 is 0.711 bits per heavy atom. The molecule has 4 unspecified atom stereocenters. The van der Waals surface area contributed by atoms with Crippen LogP contribution in [0.4, 0.5) is 0 Å². The number of esters is 2. The topological polar surface area (TPSA) is 71.1 Å². The first-order valence-electron chi connectivity index (χ1n) is 13.6. The summed E-state index contributed by atoms with van der Waals surface area (Å²) in [5, 5.41) is 0. The van der Waals surface area contributed by atoms with Crippen molar-refractivity contribution in [2.24, 2.45) is 11.8 Å². The smallest absolute Gasteiger partial charge is 0.334 e. The van der Waals surface area contributed by atoms with Crippen molar-refractivity contribution in [3.05, 3.63) is 93.4 Å². The predicted molar refractivity (Wildman–Crippen MR) is 144 cm³/mol. The number of rotatable bonds is 8. The molecule has 0 aliphatic heterocycles. The summed E-state index contributed by atoms with van der Waals surface area (Å²) in [6.45, 7) is 4.12. The standard InChI is InChI=1S/C32H36O6/c1-5-37-27(33)17-25(35-3)31-29-23-15-19-7-8-20-10-12-22(14-13-21(23)11-9-19)24(16-20)30(29)32(31)26(36-4)18-28(34)38-6-2/h9-12,15-18,29-32H,5-8,13-14H2,1-4H3/b25-17-,26-18-. The molecule has 1 saturated carbocycles. The lowest BCUT2D eigenvalue weighted by atomic mass is 9.49. The second kappa shape index (κ2) is 11.1. The normalized spacial score (nSPS) is 23.6. The van der Waals surface area contributed by atoms with Crippen LogP contribution in [0, 0.1) is 11.8 Å². The maximum Gasteiger partial charge on any atom is 0.334 e. The van der Waals surface area contributed by atoms with E-state index in [-0.39, 0.29) is 36.9 Å². The number of methoxy groups -OCH3 is 2. The Morgan fingerprint density at radius 3 is 1.50 bits per heavy atom. The minimum absolute atomic E-state index is 0.0451. The van der Waals surface area contributed by atoms with E-state index in [1.165, 1.54) is 45.5 Å². The van der Waals surface area contributed by atoms with Crippen LogP contribution in [0.3, 0.4) is 0 Å². The van der Waals surface area contributed by atoms with E-state index in [1.807, 2.05) is 0 Å². The van der Waals surface area contributed by atoms with Gasteiger partial charge in [-0.25, -0.2) is 9.59 Å². The van der Waals surface area contributed by atoms with E-state index in [0.717, 1.165) is 25.7 Å². The fourth-order valence-electron chi connectivity index (χ4n) is 6.65. The molecule has 5 rings (SSSR count). The van der Waals surface area contributed by atoms with Crippen LogP contribution in [-0.2, 0) is 54.2 Å². The van der Waals surface area contributed by atoms with E-state index < -0.39 is 11.9 Å². The number of hydrogen-bond donors (Lipinski definition) is 0. The SMILES string of the molecule is CCOC(=O)/C=C(\OC)C1C(/C(=C/C(=O)OCC)OC)C2c3cc4ccc3CCc3ccc(cc3C12)CC4. The zero-order chi connectivity index (χ0) is 26.8. The average molecular weight is 517 g/mol. The van der Waals surface area contributed by atoms with Gasteiger partial charge in [-0.2, -0.15) is 0 Å². The zero-order valence-corrected chi connectivity index (χ0v) is 22.6. The van der Waals surface area contributed by atoms with Gasteiger partial charge in [0, 0.05) is 23.7 Å². The summed E-state index contributed by atoms with van der Waals surface area (Å²) >= 11 is 0. The van der Waals surface area contributed by atoms with Crippen LogP contribution in [0.1, 0.15) is 59.1 Å². The number of benzene rings is 2. The molecule has 0 radical (unpaired) electrons. The minimum Gasteiger partial charge on any atom is -0.500 e. The van der Waals surface area contributed by atoms with Gasteiger partial charge in [0.25, 0.3) is 0 Å².